The second kappa shape index (κ2) is 5.30. The first kappa shape index (κ1) is 14.0. The van der Waals surface area contributed by atoms with Crippen molar-refractivity contribution < 1.29 is 4.39 Å². The number of nitrogens with one attached hydrogen (secondary N) is 1. The lowest BCUT2D eigenvalue weighted by Crippen LogP contribution is -2.43. The lowest BCUT2D eigenvalue weighted by molar-refractivity contribution is 0.202. The smallest absolute Gasteiger partial charge is 0.126 e. The molecule has 2 rings (SSSR count). The maximum atomic E-state index is 13.8. The third-order valence-electron chi connectivity index (χ3n) is 4.18. The second-order valence-corrected chi connectivity index (χ2v) is 6.21. The third kappa shape index (κ3) is 2.96. The monoisotopic (exact) mass is 260 g/mol. The van der Waals surface area contributed by atoms with Gasteiger partial charge in [0.25, 0.3) is 0 Å². The van der Waals surface area contributed by atoms with E-state index < -0.39 is 0 Å². The van der Waals surface area contributed by atoms with Crippen LogP contribution in [-0.4, -0.2) is 13.1 Å². The van der Waals surface area contributed by atoms with Crippen LogP contribution in [0.3, 0.4) is 0 Å². The number of hydrogen-bond acceptors (Lipinski definition) is 2. The van der Waals surface area contributed by atoms with Crippen LogP contribution in [0.15, 0.2) is 24.3 Å². The molecule has 3 heteroatoms. The Kier molecular flexibility index (Phi) is 3.91. The number of rotatable bonds is 5. The van der Waals surface area contributed by atoms with E-state index in [-0.39, 0.29) is 16.6 Å². The Morgan fingerprint density at radius 1 is 1.37 bits per heavy atom. The van der Waals surface area contributed by atoms with Gasteiger partial charge in [-0.2, -0.15) is 5.26 Å². The first-order valence-electron chi connectivity index (χ1n) is 6.86. The largest absolute Gasteiger partial charge is 0.314 e. The van der Waals surface area contributed by atoms with Crippen LogP contribution in [0.25, 0.3) is 0 Å². The fourth-order valence-electron chi connectivity index (χ4n) is 2.65. The molecule has 0 radical (unpaired) electrons. The Morgan fingerprint density at radius 3 is 2.58 bits per heavy atom. The molecule has 0 amide bonds. The van der Waals surface area contributed by atoms with E-state index in [0.29, 0.717) is 13.1 Å². The van der Waals surface area contributed by atoms with Gasteiger partial charge in [0.05, 0.1) is 11.5 Å². The van der Waals surface area contributed by atoms with E-state index in [1.54, 1.807) is 6.07 Å². The van der Waals surface area contributed by atoms with Crippen LogP contribution in [0, 0.1) is 22.6 Å². The zero-order valence-corrected chi connectivity index (χ0v) is 11.7. The molecular formula is C16H21FN2. The van der Waals surface area contributed by atoms with Crippen molar-refractivity contribution in [2.75, 3.05) is 13.1 Å². The Hall–Kier alpha value is -1.40. The Labute approximate surface area is 114 Å². The van der Waals surface area contributed by atoms with Crippen molar-refractivity contribution in [3.63, 3.8) is 0 Å². The molecule has 19 heavy (non-hydrogen) atoms. The van der Waals surface area contributed by atoms with Gasteiger partial charge in [-0.05, 0) is 24.5 Å². The molecule has 102 valence electrons. The van der Waals surface area contributed by atoms with E-state index >= 15 is 0 Å². The Morgan fingerprint density at radius 2 is 2.05 bits per heavy atom. The summed E-state index contributed by atoms with van der Waals surface area (Å²) in [6.07, 6.45) is 3.11. The van der Waals surface area contributed by atoms with Gasteiger partial charge in [0.15, 0.2) is 0 Å². The van der Waals surface area contributed by atoms with Gasteiger partial charge >= 0.3 is 0 Å². The predicted molar refractivity (Wildman–Crippen MR) is 74.2 cm³/mol. The SMILES string of the molecule is CC(C)(CNCC1(C#N)CCC1)c1ccccc1F. The van der Waals surface area contributed by atoms with Gasteiger partial charge in [-0.15, -0.1) is 0 Å². The van der Waals surface area contributed by atoms with Crippen LogP contribution >= 0.6 is 0 Å². The summed E-state index contributed by atoms with van der Waals surface area (Å²) >= 11 is 0. The van der Waals surface area contributed by atoms with Gasteiger partial charge in [0.1, 0.15) is 5.82 Å². The minimum atomic E-state index is -0.272. The van der Waals surface area contributed by atoms with Crippen LogP contribution in [0.5, 0.6) is 0 Å². The van der Waals surface area contributed by atoms with E-state index in [0.717, 1.165) is 24.8 Å². The lowest BCUT2D eigenvalue weighted by atomic mass is 9.70. The standard InChI is InChI=1S/C16H21FN2/c1-15(2,13-6-3-4-7-14(13)17)11-19-12-16(10-18)8-5-9-16/h3-4,6-7,19H,5,8-9,11-12H2,1-2H3. The first-order valence-corrected chi connectivity index (χ1v) is 6.86. The van der Waals surface area contributed by atoms with Gasteiger partial charge < -0.3 is 5.32 Å². The number of halogens is 1. The maximum Gasteiger partial charge on any atom is 0.126 e. The van der Waals surface area contributed by atoms with Crippen molar-refractivity contribution in [2.45, 2.75) is 38.5 Å². The molecule has 1 aliphatic rings. The highest BCUT2D eigenvalue weighted by molar-refractivity contribution is 5.26. The van der Waals surface area contributed by atoms with Crippen LogP contribution in [0.4, 0.5) is 4.39 Å². The molecule has 0 aliphatic heterocycles. The van der Waals surface area contributed by atoms with Crippen LogP contribution in [0.1, 0.15) is 38.7 Å². The molecule has 0 unspecified atom stereocenters. The first-order chi connectivity index (χ1) is 8.99. The van der Waals surface area contributed by atoms with Crippen molar-refractivity contribution in [2.24, 2.45) is 5.41 Å². The summed E-state index contributed by atoms with van der Waals surface area (Å²) < 4.78 is 13.8. The zero-order valence-electron chi connectivity index (χ0n) is 11.7. The zero-order chi connectivity index (χ0) is 13.9. The van der Waals surface area contributed by atoms with Gasteiger partial charge in [0, 0.05) is 18.5 Å². The van der Waals surface area contributed by atoms with E-state index in [9.17, 15) is 9.65 Å². The highest BCUT2D eigenvalue weighted by Gasteiger charge is 2.37. The number of nitrogens with zero attached hydrogens (tertiary/aromatic N) is 1. The van der Waals surface area contributed by atoms with Crippen molar-refractivity contribution >= 4 is 0 Å². The number of benzene rings is 1. The average molecular weight is 260 g/mol. The molecule has 0 heterocycles. The number of nitriles is 1. The summed E-state index contributed by atoms with van der Waals surface area (Å²) in [5, 5.41) is 12.5. The second-order valence-electron chi connectivity index (χ2n) is 6.21. The quantitative estimate of drug-likeness (QED) is 0.881. The molecule has 0 aromatic heterocycles. The molecule has 0 bridgehead atoms. The van der Waals surface area contributed by atoms with Gasteiger partial charge in [-0.3, -0.25) is 0 Å². The van der Waals surface area contributed by atoms with Crippen molar-refractivity contribution in [1.29, 1.82) is 5.26 Å². The summed E-state index contributed by atoms with van der Waals surface area (Å²) in [6.45, 7) is 5.44. The van der Waals surface area contributed by atoms with Crippen LogP contribution in [-0.2, 0) is 5.41 Å². The topological polar surface area (TPSA) is 35.8 Å². The van der Waals surface area contributed by atoms with Crippen LogP contribution in [0.2, 0.25) is 0 Å². The Bertz CT molecular complexity index is 484. The van der Waals surface area contributed by atoms with Gasteiger partial charge in [-0.25, -0.2) is 4.39 Å². The van der Waals surface area contributed by atoms with Crippen LogP contribution < -0.4 is 5.32 Å². The molecule has 0 spiro atoms. The summed E-state index contributed by atoms with van der Waals surface area (Å²) in [4.78, 5) is 0. The molecular weight excluding hydrogens is 239 g/mol. The summed E-state index contributed by atoms with van der Waals surface area (Å²) in [5.74, 6) is -0.159. The predicted octanol–water partition coefficient (Wildman–Crippen LogP) is 3.39. The van der Waals surface area contributed by atoms with E-state index in [4.69, 9.17) is 0 Å². The van der Waals surface area contributed by atoms with Crippen molar-refractivity contribution in [1.82, 2.24) is 5.32 Å². The highest BCUT2D eigenvalue weighted by Crippen LogP contribution is 2.39. The van der Waals surface area contributed by atoms with E-state index in [2.05, 4.69) is 11.4 Å². The number of hydrogen-bond donors (Lipinski definition) is 1. The third-order valence-corrected chi connectivity index (χ3v) is 4.18. The maximum absolute atomic E-state index is 13.8. The fourth-order valence-corrected chi connectivity index (χ4v) is 2.65. The van der Waals surface area contributed by atoms with Gasteiger partial charge in [0.2, 0.25) is 0 Å². The Balaban J connectivity index is 1.95. The molecule has 1 aliphatic carbocycles. The fraction of sp³-hybridized carbons (Fsp3) is 0.562. The lowest BCUT2D eigenvalue weighted by Gasteiger charge is -2.36. The molecule has 2 nitrogen and oxygen atoms in total. The van der Waals surface area contributed by atoms with E-state index in [1.165, 1.54) is 6.07 Å². The normalized spacial score (nSPS) is 17.6. The van der Waals surface area contributed by atoms with Gasteiger partial charge in [-0.1, -0.05) is 38.5 Å². The highest BCUT2D eigenvalue weighted by atomic mass is 19.1. The van der Waals surface area contributed by atoms with Crippen molar-refractivity contribution in [3.05, 3.63) is 35.6 Å². The minimum Gasteiger partial charge on any atom is -0.314 e. The molecule has 1 aromatic carbocycles. The molecule has 1 fully saturated rings. The summed E-state index contributed by atoms with van der Waals surface area (Å²) in [5.41, 5.74) is 0.277. The average Bonchev–Trinajstić information content (AvgIpc) is 2.33. The van der Waals surface area contributed by atoms with E-state index in [1.807, 2.05) is 26.0 Å². The molecule has 0 atom stereocenters. The summed E-state index contributed by atoms with van der Waals surface area (Å²) in [6, 6.07) is 9.32. The molecule has 1 N–H and O–H groups in total. The van der Waals surface area contributed by atoms with Crippen molar-refractivity contribution in [3.8, 4) is 6.07 Å². The molecule has 1 aromatic rings. The summed E-state index contributed by atoms with van der Waals surface area (Å²) in [7, 11) is 0. The molecule has 0 saturated heterocycles. The molecule has 1 saturated carbocycles. The minimum absolute atomic E-state index is 0.159.